The number of nitrogens with zero attached hydrogens (tertiary/aromatic N) is 4. The van der Waals surface area contributed by atoms with Crippen LogP contribution in [0, 0.1) is 46.3 Å². The second kappa shape index (κ2) is 7.32. The molecule has 0 radical (unpaired) electrons. The van der Waals surface area contributed by atoms with Gasteiger partial charge in [-0.2, -0.15) is 5.26 Å². The number of pyridine rings is 1. The molecule has 7 nitrogen and oxygen atoms in total. The summed E-state index contributed by atoms with van der Waals surface area (Å²) in [6, 6.07) is 6.04. The average Bonchev–Trinajstić information content (AvgIpc) is 3.53. The van der Waals surface area contributed by atoms with Crippen LogP contribution in [-0.2, 0) is 22.6 Å². The summed E-state index contributed by atoms with van der Waals surface area (Å²) >= 11 is 6.55. The minimum absolute atomic E-state index is 0.0120. The lowest BCUT2D eigenvalue weighted by molar-refractivity contribution is -0.143. The van der Waals surface area contributed by atoms with E-state index in [9.17, 15) is 14.9 Å². The molecule has 4 bridgehead atoms. The van der Waals surface area contributed by atoms with Crippen molar-refractivity contribution >= 4 is 29.2 Å². The fourth-order valence-corrected chi connectivity index (χ4v) is 7.45. The molecule has 2 aromatic rings. The topological polar surface area (TPSA) is 91.0 Å². The van der Waals surface area contributed by atoms with Crippen LogP contribution in [0.15, 0.2) is 18.3 Å². The molecule has 8 heteroatoms. The third-order valence-corrected chi connectivity index (χ3v) is 8.98. The van der Waals surface area contributed by atoms with Gasteiger partial charge in [0, 0.05) is 55.5 Å². The van der Waals surface area contributed by atoms with Gasteiger partial charge in [-0.1, -0.05) is 25.4 Å². The van der Waals surface area contributed by atoms with E-state index in [2.05, 4.69) is 34.8 Å². The van der Waals surface area contributed by atoms with Crippen LogP contribution in [0.25, 0.3) is 11.1 Å². The number of carbonyl (C=O) groups excluding carboxylic acids is 2. The SMILES string of the molecule is CC(=O)N1C[C@@H]2C3[C@@H](C(=O)Nc4cc(-c5cc(C#N)n6c5CC(C)(C)C6)c(Cl)cn4)C[C@@H]2[C@H]3C1. The Bertz CT molecular complexity index is 1260. The molecule has 6 aliphatic rings. The molecule has 0 aromatic carbocycles. The third kappa shape index (κ3) is 3.11. The summed E-state index contributed by atoms with van der Waals surface area (Å²) in [6.07, 6.45) is 3.33. The highest BCUT2D eigenvalue weighted by atomic mass is 35.5. The molecule has 5 fully saturated rings. The molecule has 2 aromatic heterocycles. The normalized spacial score (nSPS) is 29.9. The lowest BCUT2D eigenvalue weighted by Crippen LogP contribution is -2.59. The zero-order chi connectivity index (χ0) is 23.9. The summed E-state index contributed by atoms with van der Waals surface area (Å²) in [5.74, 6) is 2.42. The zero-order valence-electron chi connectivity index (χ0n) is 19.6. The second-order valence-electron chi connectivity index (χ2n) is 11.3. The number of halogens is 1. The van der Waals surface area contributed by atoms with Crippen LogP contribution in [0.1, 0.15) is 38.6 Å². The van der Waals surface area contributed by atoms with Crippen molar-refractivity contribution in [3.05, 3.63) is 34.7 Å². The molecular formula is C26H28ClN5O2. The number of nitrogens with one attached hydrogen (secondary N) is 1. The molecule has 5 atom stereocenters. The van der Waals surface area contributed by atoms with Crippen molar-refractivity contribution in [3.8, 4) is 17.2 Å². The van der Waals surface area contributed by atoms with Crippen LogP contribution < -0.4 is 5.32 Å². The lowest BCUT2D eigenvalue weighted by atomic mass is 9.59. The number of carbonyl (C=O) groups is 2. The number of hydrogen-bond donors (Lipinski definition) is 1. The molecule has 3 aliphatic carbocycles. The summed E-state index contributed by atoms with van der Waals surface area (Å²) in [5.41, 5.74) is 3.54. The van der Waals surface area contributed by atoms with Crippen LogP contribution >= 0.6 is 11.6 Å². The maximum atomic E-state index is 13.2. The van der Waals surface area contributed by atoms with Crippen LogP contribution in [0.3, 0.4) is 0 Å². The van der Waals surface area contributed by atoms with Gasteiger partial charge >= 0.3 is 0 Å². The Balaban J connectivity index is 1.23. The van der Waals surface area contributed by atoms with E-state index in [0.29, 0.717) is 40.2 Å². The molecular weight excluding hydrogens is 450 g/mol. The van der Waals surface area contributed by atoms with Gasteiger partial charge in [-0.05, 0) is 54.1 Å². The van der Waals surface area contributed by atoms with Crippen molar-refractivity contribution in [3.63, 3.8) is 0 Å². The lowest BCUT2D eigenvalue weighted by Gasteiger charge is -2.54. The summed E-state index contributed by atoms with van der Waals surface area (Å²) < 4.78 is 2.08. The van der Waals surface area contributed by atoms with Gasteiger partial charge in [-0.25, -0.2) is 4.98 Å². The van der Waals surface area contributed by atoms with Gasteiger partial charge in [0.1, 0.15) is 17.6 Å². The van der Waals surface area contributed by atoms with E-state index in [1.807, 2.05) is 17.0 Å². The average molecular weight is 478 g/mol. The van der Waals surface area contributed by atoms with Gasteiger partial charge in [0.2, 0.25) is 11.8 Å². The molecule has 0 spiro atoms. The van der Waals surface area contributed by atoms with E-state index in [1.165, 1.54) is 0 Å². The number of rotatable bonds is 3. The largest absolute Gasteiger partial charge is 0.342 e. The Morgan fingerprint density at radius 3 is 2.62 bits per heavy atom. The van der Waals surface area contributed by atoms with Gasteiger partial charge < -0.3 is 14.8 Å². The number of anilines is 1. The quantitative estimate of drug-likeness (QED) is 0.724. The molecule has 8 rings (SSSR count). The first kappa shape index (κ1) is 21.7. The van der Waals surface area contributed by atoms with Crippen LogP contribution in [0.5, 0.6) is 0 Å². The first-order valence-electron chi connectivity index (χ1n) is 12.0. The highest BCUT2D eigenvalue weighted by Gasteiger charge is 2.64. The molecule has 2 saturated heterocycles. The van der Waals surface area contributed by atoms with E-state index in [1.54, 1.807) is 13.1 Å². The number of nitriles is 1. The van der Waals surface area contributed by atoms with Crippen molar-refractivity contribution in [2.45, 2.75) is 40.2 Å². The summed E-state index contributed by atoms with van der Waals surface area (Å²) in [4.78, 5) is 31.3. The van der Waals surface area contributed by atoms with Gasteiger partial charge in [-0.3, -0.25) is 9.59 Å². The van der Waals surface area contributed by atoms with Crippen molar-refractivity contribution in [2.75, 3.05) is 18.4 Å². The van der Waals surface area contributed by atoms with E-state index in [-0.39, 0.29) is 23.1 Å². The van der Waals surface area contributed by atoms with Crippen molar-refractivity contribution in [1.82, 2.24) is 14.5 Å². The van der Waals surface area contributed by atoms with E-state index < -0.39 is 0 Å². The molecule has 1 N–H and O–H groups in total. The molecule has 2 amide bonds. The molecule has 176 valence electrons. The Kier molecular flexibility index (Phi) is 4.67. The number of piperidine rings is 2. The first-order chi connectivity index (χ1) is 16.2. The van der Waals surface area contributed by atoms with Gasteiger partial charge in [0.25, 0.3) is 0 Å². The van der Waals surface area contributed by atoms with Gasteiger partial charge in [0.15, 0.2) is 0 Å². The fourth-order valence-electron chi connectivity index (χ4n) is 7.25. The standard InChI is InChI=1S/C26H28ClN5O2/c1-13(33)31-10-19-15-5-18(24(19)20(15)11-31)25(34)30-23-6-16(21(27)9-29-23)17-4-14(8-28)32-12-26(2,3)7-22(17)32/h4,6,9,15,18-20,24H,5,7,10-12H2,1-3H3,(H,29,30,34)/t15-,18-,19-,20+,24?/m0/s1. The molecule has 5 heterocycles. The van der Waals surface area contributed by atoms with Gasteiger partial charge in [-0.15, -0.1) is 0 Å². The monoisotopic (exact) mass is 477 g/mol. The van der Waals surface area contributed by atoms with Crippen molar-refractivity contribution in [1.29, 1.82) is 5.26 Å². The number of hydrogen-bond acceptors (Lipinski definition) is 4. The zero-order valence-corrected chi connectivity index (χ0v) is 20.4. The predicted octanol–water partition coefficient (Wildman–Crippen LogP) is 3.96. The molecule has 34 heavy (non-hydrogen) atoms. The number of fused-ring (bicyclic) bond motifs is 4. The Hall–Kier alpha value is -2.85. The smallest absolute Gasteiger partial charge is 0.228 e. The Morgan fingerprint density at radius 2 is 1.94 bits per heavy atom. The summed E-state index contributed by atoms with van der Waals surface area (Å²) in [7, 11) is 0. The van der Waals surface area contributed by atoms with E-state index >= 15 is 0 Å². The Labute approximate surface area is 204 Å². The van der Waals surface area contributed by atoms with Crippen molar-refractivity contribution in [2.24, 2.45) is 35.0 Å². The molecule has 1 unspecified atom stereocenters. The fraction of sp³-hybridized carbons (Fsp3) is 0.538. The number of amides is 2. The van der Waals surface area contributed by atoms with Crippen LogP contribution in [0.2, 0.25) is 5.02 Å². The molecule has 3 saturated carbocycles. The summed E-state index contributed by atoms with van der Waals surface area (Å²) in [6.45, 7) is 8.38. The maximum Gasteiger partial charge on any atom is 0.228 e. The van der Waals surface area contributed by atoms with E-state index in [0.717, 1.165) is 49.3 Å². The highest BCUT2D eigenvalue weighted by Crippen LogP contribution is 2.63. The predicted molar refractivity (Wildman–Crippen MR) is 128 cm³/mol. The minimum atomic E-state index is -0.0280. The van der Waals surface area contributed by atoms with Gasteiger partial charge in [0.05, 0.1) is 5.02 Å². The minimum Gasteiger partial charge on any atom is -0.342 e. The second-order valence-corrected chi connectivity index (χ2v) is 11.7. The maximum absolute atomic E-state index is 13.2. The third-order valence-electron chi connectivity index (χ3n) is 8.68. The Morgan fingerprint density at radius 1 is 1.21 bits per heavy atom. The van der Waals surface area contributed by atoms with Crippen molar-refractivity contribution < 1.29 is 9.59 Å². The molecule has 3 aliphatic heterocycles. The van der Waals surface area contributed by atoms with E-state index in [4.69, 9.17) is 11.6 Å². The highest BCUT2D eigenvalue weighted by molar-refractivity contribution is 6.33. The first-order valence-corrected chi connectivity index (χ1v) is 12.4. The van der Waals surface area contributed by atoms with Crippen LogP contribution in [-0.4, -0.2) is 39.4 Å². The summed E-state index contributed by atoms with van der Waals surface area (Å²) in [5, 5.41) is 13.2. The van der Waals surface area contributed by atoms with Crippen LogP contribution in [0.4, 0.5) is 5.82 Å². The number of aromatic nitrogens is 2.